The highest BCUT2D eigenvalue weighted by molar-refractivity contribution is 5.79. The Labute approximate surface area is 156 Å². The second kappa shape index (κ2) is 8.83. The molecule has 1 heterocycles. The van der Waals surface area contributed by atoms with Gasteiger partial charge in [-0.05, 0) is 32.8 Å². The highest BCUT2D eigenvalue weighted by atomic mass is 16.5. The van der Waals surface area contributed by atoms with E-state index in [4.69, 9.17) is 4.52 Å². The van der Waals surface area contributed by atoms with Crippen molar-refractivity contribution in [1.29, 1.82) is 0 Å². The van der Waals surface area contributed by atoms with Crippen molar-refractivity contribution in [3.05, 3.63) is 46.6 Å². The fourth-order valence-electron chi connectivity index (χ4n) is 2.65. The number of guanidine groups is 1. The molecule has 0 atom stereocenters. The van der Waals surface area contributed by atoms with Crippen LogP contribution < -0.4 is 10.6 Å². The van der Waals surface area contributed by atoms with Gasteiger partial charge in [-0.2, -0.15) is 4.98 Å². The summed E-state index contributed by atoms with van der Waals surface area (Å²) in [4.78, 5) is 8.98. The summed E-state index contributed by atoms with van der Waals surface area (Å²) in [6.07, 6.45) is 0.948. The van der Waals surface area contributed by atoms with E-state index in [1.54, 1.807) is 0 Å². The van der Waals surface area contributed by atoms with E-state index in [1.807, 2.05) is 27.7 Å². The molecule has 0 fully saturated rings. The smallest absolute Gasteiger partial charge is 0.232 e. The number of hydrogen-bond donors (Lipinski definition) is 2. The molecule has 0 spiro atoms. The van der Waals surface area contributed by atoms with Crippen molar-refractivity contribution in [3.8, 4) is 0 Å². The predicted molar refractivity (Wildman–Crippen MR) is 105 cm³/mol. The molecule has 0 saturated heterocycles. The molecule has 142 valence electrons. The van der Waals surface area contributed by atoms with Crippen molar-refractivity contribution >= 4 is 5.96 Å². The van der Waals surface area contributed by atoms with Crippen LogP contribution in [0.4, 0.5) is 0 Å². The van der Waals surface area contributed by atoms with Crippen LogP contribution in [-0.4, -0.2) is 29.2 Å². The predicted octanol–water partition coefficient (Wildman–Crippen LogP) is 3.28. The number of nitrogens with one attached hydrogen (secondary N) is 2. The van der Waals surface area contributed by atoms with Crippen molar-refractivity contribution < 1.29 is 4.52 Å². The van der Waals surface area contributed by atoms with E-state index in [-0.39, 0.29) is 5.41 Å². The Morgan fingerprint density at radius 3 is 2.38 bits per heavy atom. The molecular weight excluding hydrogens is 326 g/mol. The lowest BCUT2D eigenvalue weighted by molar-refractivity contribution is 0.318. The summed E-state index contributed by atoms with van der Waals surface area (Å²) in [5.74, 6) is 2.00. The number of hydrogen-bond acceptors (Lipinski definition) is 4. The lowest BCUT2D eigenvalue weighted by Gasteiger charge is -2.11. The van der Waals surface area contributed by atoms with E-state index in [1.165, 1.54) is 16.7 Å². The van der Waals surface area contributed by atoms with Gasteiger partial charge in [-0.25, -0.2) is 4.99 Å². The van der Waals surface area contributed by atoms with Crippen LogP contribution in [0.15, 0.2) is 27.7 Å². The Balaban J connectivity index is 1.93. The fraction of sp³-hybridized carbons (Fsp3) is 0.550. The maximum absolute atomic E-state index is 5.31. The minimum absolute atomic E-state index is 0.149. The summed E-state index contributed by atoms with van der Waals surface area (Å²) in [5, 5.41) is 10.6. The summed E-state index contributed by atoms with van der Waals surface area (Å²) in [5.41, 5.74) is 3.78. The van der Waals surface area contributed by atoms with Crippen LogP contribution in [0.25, 0.3) is 0 Å². The Hall–Kier alpha value is -2.37. The van der Waals surface area contributed by atoms with Crippen molar-refractivity contribution in [1.82, 2.24) is 20.8 Å². The first-order valence-electron chi connectivity index (χ1n) is 9.20. The third-order valence-corrected chi connectivity index (χ3v) is 3.82. The molecule has 0 bridgehead atoms. The standard InChI is InChI=1S/C20H31N5O/c1-7-21-19(22-9-8-16-11-14(2)10-15(3)12-16)23-13-17-24-18(26-25-17)20(4,5)6/h10-12H,7-9,13H2,1-6H3,(H2,21,22,23). The van der Waals surface area contributed by atoms with Crippen LogP contribution in [0.3, 0.4) is 0 Å². The maximum Gasteiger partial charge on any atom is 0.232 e. The number of benzene rings is 1. The first-order valence-corrected chi connectivity index (χ1v) is 9.20. The highest BCUT2D eigenvalue weighted by Gasteiger charge is 2.21. The lowest BCUT2D eigenvalue weighted by atomic mass is 9.97. The minimum Gasteiger partial charge on any atom is -0.357 e. The van der Waals surface area contributed by atoms with Gasteiger partial charge in [0, 0.05) is 18.5 Å². The lowest BCUT2D eigenvalue weighted by Crippen LogP contribution is -2.38. The van der Waals surface area contributed by atoms with Crippen molar-refractivity contribution in [3.63, 3.8) is 0 Å². The Morgan fingerprint density at radius 2 is 1.81 bits per heavy atom. The van der Waals surface area contributed by atoms with Crippen molar-refractivity contribution in [2.75, 3.05) is 13.1 Å². The maximum atomic E-state index is 5.31. The molecule has 0 aliphatic heterocycles. The Bertz CT molecular complexity index is 723. The summed E-state index contributed by atoms with van der Waals surface area (Å²) >= 11 is 0. The minimum atomic E-state index is -0.149. The van der Waals surface area contributed by atoms with Crippen molar-refractivity contribution in [2.45, 2.75) is 59.9 Å². The van der Waals surface area contributed by atoms with Gasteiger partial charge in [-0.1, -0.05) is 55.3 Å². The van der Waals surface area contributed by atoms with Gasteiger partial charge in [0.2, 0.25) is 5.89 Å². The molecule has 0 saturated carbocycles. The molecule has 6 nitrogen and oxygen atoms in total. The summed E-state index contributed by atoms with van der Waals surface area (Å²) < 4.78 is 5.31. The molecule has 0 aliphatic rings. The number of aryl methyl sites for hydroxylation is 2. The van der Waals surface area contributed by atoms with Crippen LogP contribution in [0.5, 0.6) is 0 Å². The highest BCUT2D eigenvalue weighted by Crippen LogP contribution is 2.19. The molecule has 2 N–H and O–H groups in total. The first-order chi connectivity index (χ1) is 12.3. The molecule has 0 aliphatic carbocycles. The molecule has 2 rings (SSSR count). The third-order valence-electron chi connectivity index (χ3n) is 3.82. The van der Waals surface area contributed by atoms with Crippen LogP contribution in [-0.2, 0) is 18.4 Å². The first kappa shape index (κ1) is 19.9. The Morgan fingerprint density at radius 1 is 1.12 bits per heavy atom. The van der Waals surface area contributed by atoms with Gasteiger partial charge >= 0.3 is 0 Å². The second-order valence-corrected chi connectivity index (χ2v) is 7.63. The van der Waals surface area contributed by atoms with Gasteiger partial charge in [0.1, 0.15) is 6.54 Å². The van der Waals surface area contributed by atoms with E-state index < -0.39 is 0 Å². The van der Waals surface area contributed by atoms with Crippen LogP contribution >= 0.6 is 0 Å². The number of rotatable bonds is 6. The van der Waals surface area contributed by atoms with E-state index >= 15 is 0 Å². The largest absolute Gasteiger partial charge is 0.357 e. The fourth-order valence-corrected chi connectivity index (χ4v) is 2.65. The molecule has 6 heteroatoms. The molecule has 2 aromatic rings. The van der Waals surface area contributed by atoms with Crippen molar-refractivity contribution in [2.24, 2.45) is 4.99 Å². The van der Waals surface area contributed by atoms with E-state index in [0.29, 0.717) is 18.3 Å². The van der Waals surface area contributed by atoms with Gasteiger partial charge in [0.25, 0.3) is 0 Å². The molecule has 1 aromatic heterocycles. The zero-order chi connectivity index (χ0) is 19.2. The number of aliphatic imine (C=N–C) groups is 1. The normalized spacial score (nSPS) is 12.3. The van der Waals surface area contributed by atoms with Gasteiger partial charge in [0.05, 0.1) is 0 Å². The van der Waals surface area contributed by atoms with Crippen LogP contribution in [0.2, 0.25) is 0 Å². The summed E-state index contributed by atoms with van der Waals surface area (Å²) in [6.45, 7) is 14.5. The summed E-state index contributed by atoms with van der Waals surface area (Å²) in [6, 6.07) is 6.65. The molecule has 1 aromatic carbocycles. The van der Waals surface area contributed by atoms with Gasteiger partial charge < -0.3 is 15.2 Å². The monoisotopic (exact) mass is 357 g/mol. The number of nitrogens with zero attached hydrogens (tertiary/aromatic N) is 3. The summed E-state index contributed by atoms with van der Waals surface area (Å²) in [7, 11) is 0. The quantitative estimate of drug-likeness (QED) is 0.613. The average molecular weight is 358 g/mol. The topological polar surface area (TPSA) is 75.3 Å². The van der Waals surface area contributed by atoms with Crippen LogP contribution in [0.1, 0.15) is 56.1 Å². The zero-order valence-electron chi connectivity index (χ0n) is 16.8. The Kier molecular flexibility index (Phi) is 6.77. The average Bonchev–Trinajstić information content (AvgIpc) is 3.01. The SMILES string of the molecule is CCNC(=NCc1noc(C(C)(C)C)n1)NCCc1cc(C)cc(C)c1. The van der Waals surface area contributed by atoms with E-state index in [2.05, 4.69) is 57.8 Å². The van der Waals surface area contributed by atoms with E-state index in [0.717, 1.165) is 25.5 Å². The molecule has 0 amide bonds. The molecular formula is C20H31N5O. The molecule has 26 heavy (non-hydrogen) atoms. The number of aromatic nitrogens is 2. The third kappa shape index (κ3) is 6.17. The van der Waals surface area contributed by atoms with Crippen LogP contribution in [0, 0.1) is 13.8 Å². The van der Waals surface area contributed by atoms with Gasteiger partial charge in [0.15, 0.2) is 11.8 Å². The second-order valence-electron chi connectivity index (χ2n) is 7.63. The zero-order valence-corrected chi connectivity index (χ0v) is 16.8. The van der Waals surface area contributed by atoms with E-state index in [9.17, 15) is 0 Å². The molecule has 0 radical (unpaired) electrons. The molecule has 0 unspecified atom stereocenters. The van der Waals surface area contributed by atoms with Gasteiger partial charge in [-0.3, -0.25) is 0 Å². The van der Waals surface area contributed by atoms with Gasteiger partial charge in [-0.15, -0.1) is 0 Å².